The van der Waals surface area contributed by atoms with Gasteiger partial charge in [0.25, 0.3) is 5.91 Å². The van der Waals surface area contributed by atoms with E-state index in [-0.39, 0.29) is 23.9 Å². The molecule has 3 rings (SSSR count). The number of aromatic nitrogens is 3. The van der Waals surface area contributed by atoms with E-state index in [1.807, 2.05) is 6.92 Å². The van der Waals surface area contributed by atoms with Crippen molar-refractivity contribution in [2.24, 2.45) is 0 Å². The summed E-state index contributed by atoms with van der Waals surface area (Å²) in [4.78, 5) is 38.6. The van der Waals surface area contributed by atoms with E-state index >= 15 is 0 Å². The van der Waals surface area contributed by atoms with E-state index in [4.69, 9.17) is 16.3 Å². The summed E-state index contributed by atoms with van der Waals surface area (Å²) in [7, 11) is -2.15. The molecule has 2 unspecified atom stereocenters. The summed E-state index contributed by atoms with van der Waals surface area (Å²) in [6, 6.07) is 3.46. The summed E-state index contributed by atoms with van der Waals surface area (Å²) in [5, 5.41) is 2.61. The maximum Gasteiger partial charge on any atom is 0.409 e. The van der Waals surface area contributed by atoms with Gasteiger partial charge in [-0.25, -0.2) is 28.2 Å². The van der Waals surface area contributed by atoms with Gasteiger partial charge in [0.2, 0.25) is 10.0 Å². The Morgan fingerprint density at radius 3 is 2.60 bits per heavy atom. The Kier molecular flexibility index (Phi) is 8.62. The zero-order chi connectivity index (χ0) is 25.8. The van der Waals surface area contributed by atoms with Gasteiger partial charge in [0, 0.05) is 26.2 Å². The van der Waals surface area contributed by atoms with Crippen molar-refractivity contribution >= 4 is 33.6 Å². The lowest BCUT2D eigenvalue weighted by Crippen LogP contribution is -2.56. The molecule has 2 aromatic heterocycles. The van der Waals surface area contributed by atoms with Crippen molar-refractivity contribution in [1.82, 2.24) is 29.5 Å². The second-order valence-corrected chi connectivity index (χ2v) is 10.6. The molecule has 0 aromatic carbocycles. The zero-order valence-electron chi connectivity index (χ0n) is 20.1. The number of carbonyl (C=O) groups excluding carboxylic acids is 2. The number of piperazine rings is 1. The minimum atomic E-state index is -3.64. The molecule has 1 fully saturated rings. The van der Waals surface area contributed by atoms with Gasteiger partial charge < -0.3 is 15.0 Å². The van der Waals surface area contributed by atoms with Crippen LogP contribution in [0.25, 0.3) is 11.4 Å². The lowest BCUT2D eigenvalue weighted by molar-refractivity contribution is 0.0575. The van der Waals surface area contributed by atoms with Gasteiger partial charge in [-0.3, -0.25) is 4.79 Å². The molecular weight excluding hydrogens is 496 g/mol. The maximum absolute atomic E-state index is 12.7. The summed E-state index contributed by atoms with van der Waals surface area (Å²) < 4.78 is 32.2. The third-order valence-corrected chi connectivity index (χ3v) is 7.15. The average Bonchev–Trinajstić information content (AvgIpc) is 2.82. The molecule has 190 valence electrons. The number of hydrogen-bond acceptors (Lipinski definition) is 8. The molecule has 2 atom stereocenters. The van der Waals surface area contributed by atoms with Crippen LogP contribution in [0.5, 0.6) is 0 Å². The molecule has 0 bridgehead atoms. The summed E-state index contributed by atoms with van der Waals surface area (Å²) in [6.45, 7) is 4.31. The van der Waals surface area contributed by atoms with E-state index < -0.39 is 34.1 Å². The van der Waals surface area contributed by atoms with Crippen LogP contribution in [0.2, 0.25) is 5.15 Å². The lowest BCUT2D eigenvalue weighted by Gasteiger charge is -2.43. The van der Waals surface area contributed by atoms with Gasteiger partial charge >= 0.3 is 6.09 Å². The van der Waals surface area contributed by atoms with Crippen LogP contribution in [0, 0.1) is 0 Å². The fraction of sp³-hybridized carbons (Fsp3) is 0.500. The monoisotopic (exact) mass is 524 g/mol. The number of pyridine rings is 1. The van der Waals surface area contributed by atoms with E-state index in [1.165, 1.54) is 28.6 Å². The molecule has 1 saturated heterocycles. The molecule has 0 spiro atoms. The molecule has 3 heterocycles. The molecule has 1 aliphatic rings. The smallest absolute Gasteiger partial charge is 0.409 e. The molecule has 0 aliphatic carbocycles. The van der Waals surface area contributed by atoms with Crippen LogP contribution in [0.15, 0.2) is 24.5 Å². The Morgan fingerprint density at radius 2 is 1.94 bits per heavy atom. The molecule has 13 heteroatoms. The second kappa shape index (κ2) is 11.3. The van der Waals surface area contributed by atoms with Crippen LogP contribution in [0.3, 0.4) is 0 Å². The number of sulfonamides is 1. The predicted octanol–water partition coefficient (Wildman–Crippen LogP) is 2.50. The summed E-state index contributed by atoms with van der Waals surface area (Å²) in [5.41, 5.74) is 1.35. The molecule has 0 radical (unpaired) electrons. The lowest BCUT2D eigenvalue weighted by atomic mass is 10.0. The summed E-state index contributed by atoms with van der Waals surface area (Å²) in [6.07, 6.45) is 3.51. The van der Waals surface area contributed by atoms with Crippen molar-refractivity contribution in [1.29, 1.82) is 0 Å². The third-order valence-electron chi connectivity index (χ3n) is 5.57. The highest BCUT2D eigenvalue weighted by atomic mass is 35.5. The molecule has 2 amide bonds. The quantitative estimate of drug-likeness (QED) is 0.431. The number of hydrogen-bond donors (Lipinski definition) is 1. The minimum Gasteiger partial charge on any atom is -0.449 e. The van der Waals surface area contributed by atoms with Crippen molar-refractivity contribution in [3.05, 3.63) is 40.9 Å². The highest BCUT2D eigenvalue weighted by molar-refractivity contribution is 7.88. The average molecular weight is 525 g/mol. The number of rotatable bonds is 7. The van der Waals surface area contributed by atoms with Gasteiger partial charge in [-0.1, -0.05) is 24.9 Å². The van der Waals surface area contributed by atoms with Crippen LogP contribution < -0.4 is 5.32 Å². The Balaban J connectivity index is 2.01. The zero-order valence-corrected chi connectivity index (χ0v) is 21.6. The minimum absolute atomic E-state index is 0.0788. The Bertz CT molecular complexity index is 1190. The van der Waals surface area contributed by atoms with Crippen molar-refractivity contribution < 1.29 is 22.7 Å². The fourth-order valence-electron chi connectivity index (χ4n) is 4.01. The highest BCUT2D eigenvalue weighted by Gasteiger charge is 2.41. The first-order valence-corrected chi connectivity index (χ1v) is 13.4. The van der Waals surface area contributed by atoms with Crippen molar-refractivity contribution in [2.45, 2.75) is 38.8 Å². The van der Waals surface area contributed by atoms with Crippen LogP contribution in [-0.2, 0) is 14.8 Å². The summed E-state index contributed by atoms with van der Waals surface area (Å²) >= 11 is 6.32. The Labute approximate surface area is 209 Å². The van der Waals surface area contributed by atoms with Crippen LogP contribution >= 0.6 is 11.6 Å². The number of unbranched alkanes of at least 4 members (excludes halogenated alkanes) is 1. The van der Waals surface area contributed by atoms with Crippen LogP contribution in [0.1, 0.15) is 48.8 Å². The molecule has 1 aliphatic heterocycles. The number of carbonyl (C=O) groups is 2. The summed E-state index contributed by atoms with van der Waals surface area (Å²) in [5.74, 6) is -0.391. The van der Waals surface area contributed by atoms with Crippen molar-refractivity contribution in [3.8, 4) is 11.4 Å². The van der Waals surface area contributed by atoms with Crippen molar-refractivity contribution in [2.75, 3.05) is 33.0 Å². The largest absolute Gasteiger partial charge is 0.449 e. The first kappa shape index (κ1) is 26.8. The number of amides is 2. The van der Waals surface area contributed by atoms with Crippen LogP contribution in [-0.4, -0.2) is 83.6 Å². The first-order chi connectivity index (χ1) is 16.5. The van der Waals surface area contributed by atoms with Gasteiger partial charge in [0.05, 0.1) is 30.3 Å². The van der Waals surface area contributed by atoms with E-state index in [2.05, 4.69) is 20.3 Å². The van der Waals surface area contributed by atoms with Gasteiger partial charge in [-0.2, -0.15) is 4.31 Å². The molecule has 0 saturated carbocycles. The van der Waals surface area contributed by atoms with Gasteiger partial charge in [0.15, 0.2) is 0 Å². The molecular formula is C22H29ClN6O5S. The normalized spacial score (nSPS) is 18.8. The predicted molar refractivity (Wildman–Crippen MR) is 130 cm³/mol. The third kappa shape index (κ3) is 6.44. The maximum atomic E-state index is 12.7. The number of ether oxygens (including phenoxy) is 1. The van der Waals surface area contributed by atoms with E-state index in [9.17, 15) is 18.0 Å². The van der Waals surface area contributed by atoms with E-state index in [0.717, 1.165) is 19.1 Å². The standard InChI is InChI=1S/C22H29ClN6O5S/c1-5-6-7-34-22(31)28-11-14(2)29(35(4,32)33)19(12-28)15-8-17(27-20(23)9-15)16-10-18(21(30)24-3)26-13-25-16/h8-10,13-14,19H,5-7,11-12H2,1-4H3,(H,24,30). The fourth-order valence-corrected chi connectivity index (χ4v) is 5.60. The van der Waals surface area contributed by atoms with Crippen molar-refractivity contribution in [3.63, 3.8) is 0 Å². The van der Waals surface area contributed by atoms with Gasteiger partial charge in [-0.05, 0) is 37.1 Å². The molecule has 11 nitrogen and oxygen atoms in total. The van der Waals surface area contributed by atoms with Gasteiger partial charge in [0.1, 0.15) is 17.2 Å². The molecule has 1 N–H and O–H groups in total. The van der Waals surface area contributed by atoms with E-state index in [0.29, 0.717) is 23.6 Å². The number of nitrogens with zero attached hydrogens (tertiary/aromatic N) is 5. The molecule has 35 heavy (non-hydrogen) atoms. The number of halogens is 1. The topological polar surface area (TPSA) is 135 Å². The Hall–Kier alpha value is -2.83. The van der Waals surface area contributed by atoms with Crippen LogP contribution in [0.4, 0.5) is 4.79 Å². The first-order valence-electron chi connectivity index (χ1n) is 11.2. The molecule has 2 aromatic rings. The highest BCUT2D eigenvalue weighted by Crippen LogP contribution is 2.34. The Morgan fingerprint density at radius 1 is 1.20 bits per heavy atom. The van der Waals surface area contributed by atoms with Gasteiger partial charge in [-0.15, -0.1) is 0 Å². The number of nitrogens with one attached hydrogen (secondary N) is 1. The van der Waals surface area contributed by atoms with E-state index in [1.54, 1.807) is 19.1 Å². The second-order valence-electron chi connectivity index (χ2n) is 8.31. The SMILES string of the molecule is CCCCOC(=O)N1CC(C)N(S(C)(=O)=O)C(c2cc(Cl)nc(-c3cc(C(=O)NC)ncn3)c2)C1.